The molecule has 0 radical (unpaired) electrons. The number of halogens is 1. The van der Waals surface area contributed by atoms with Gasteiger partial charge in [-0.2, -0.15) is 10.1 Å². The highest BCUT2D eigenvalue weighted by atomic mass is 19.1. The zero-order valence-electron chi connectivity index (χ0n) is 15.6. The predicted molar refractivity (Wildman–Crippen MR) is 99.3 cm³/mol. The van der Waals surface area contributed by atoms with Crippen LogP contribution in [0.5, 0.6) is 0 Å². The topological polar surface area (TPSA) is 101 Å². The first-order chi connectivity index (χ1) is 13.3. The third kappa shape index (κ3) is 3.04. The van der Waals surface area contributed by atoms with E-state index in [1.165, 1.54) is 15.8 Å². The largest absolute Gasteiger partial charge is 0.346 e. The summed E-state index contributed by atoms with van der Waals surface area (Å²) >= 11 is 0. The molecule has 0 atom stereocenters. The maximum absolute atomic E-state index is 13.1. The highest BCUT2D eigenvalue weighted by Gasteiger charge is 2.34. The van der Waals surface area contributed by atoms with E-state index in [1.54, 1.807) is 34.8 Å². The number of likely N-dealkylation sites (tertiary alicyclic amines) is 1. The fourth-order valence-electron chi connectivity index (χ4n) is 2.95. The molecule has 28 heavy (non-hydrogen) atoms. The lowest BCUT2D eigenvalue weighted by atomic mass is 10.1. The van der Waals surface area contributed by atoms with Crippen molar-refractivity contribution in [2.75, 3.05) is 37.4 Å². The molecule has 0 saturated carbocycles. The number of carbonyl (C=O) groups excluding carboxylic acids is 2. The molecule has 3 aromatic heterocycles. The third-order valence-corrected chi connectivity index (χ3v) is 4.49. The number of nitrogens with one attached hydrogen (secondary N) is 1. The lowest BCUT2D eigenvalue weighted by Crippen LogP contribution is -2.51. The number of anilines is 2. The minimum atomic E-state index is -1.01. The predicted octanol–water partition coefficient (Wildman–Crippen LogP) is 0.575. The standard InChI is InChI=1S/C17H19FN8O2/c1-23(2)17-21-13-6-11(4-5-26(13)22-17)20-15(27)14-12(7-19-24(14)3)16(28)25-8-10(18)9-25/h4-7,10H,8-9H2,1-3H3,(H,20,27). The Morgan fingerprint density at radius 3 is 2.75 bits per heavy atom. The molecule has 10 nitrogen and oxygen atoms in total. The molecule has 1 N–H and O–H groups in total. The molecule has 4 rings (SSSR count). The number of pyridine rings is 1. The number of aryl methyl sites for hydroxylation is 1. The number of aromatic nitrogens is 5. The SMILES string of the molecule is CN(C)c1nc2cc(NC(=O)c3c(C(=O)N4CC(F)C4)cnn3C)ccn2n1. The van der Waals surface area contributed by atoms with Crippen LogP contribution in [0.2, 0.25) is 0 Å². The molecule has 1 saturated heterocycles. The van der Waals surface area contributed by atoms with E-state index in [9.17, 15) is 14.0 Å². The Hall–Kier alpha value is -3.50. The van der Waals surface area contributed by atoms with Crippen molar-refractivity contribution in [1.29, 1.82) is 0 Å². The molecule has 3 aromatic rings. The molecule has 2 amide bonds. The number of alkyl halides is 1. The zero-order valence-corrected chi connectivity index (χ0v) is 15.6. The fourth-order valence-corrected chi connectivity index (χ4v) is 2.95. The van der Waals surface area contributed by atoms with Crippen molar-refractivity contribution in [1.82, 2.24) is 29.3 Å². The van der Waals surface area contributed by atoms with Crippen LogP contribution in [0.1, 0.15) is 20.8 Å². The highest BCUT2D eigenvalue weighted by molar-refractivity contribution is 6.11. The number of hydrogen-bond acceptors (Lipinski definition) is 6. The van der Waals surface area contributed by atoms with E-state index in [4.69, 9.17) is 0 Å². The minimum Gasteiger partial charge on any atom is -0.346 e. The van der Waals surface area contributed by atoms with Gasteiger partial charge >= 0.3 is 0 Å². The molecule has 0 aliphatic carbocycles. The maximum Gasteiger partial charge on any atom is 0.274 e. The fraction of sp³-hybridized carbons (Fsp3) is 0.353. The first-order valence-corrected chi connectivity index (χ1v) is 8.64. The molecule has 0 unspecified atom stereocenters. The summed E-state index contributed by atoms with van der Waals surface area (Å²) < 4.78 is 16.0. The Morgan fingerprint density at radius 1 is 1.32 bits per heavy atom. The van der Waals surface area contributed by atoms with Gasteiger partial charge in [0.05, 0.1) is 24.8 Å². The van der Waals surface area contributed by atoms with Gasteiger partial charge in [0.2, 0.25) is 5.95 Å². The average molecular weight is 386 g/mol. The van der Waals surface area contributed by atoms with Crippen LogP contribution < -0.4 is 10.2 Å². The Labute approximate surface area is 159 Å². The molecule has 0 bridgehead atoms. The van der Waals surface area contributed by atoms with Crippen LogP contribution in [-0.2, 0) is 7.05 Å². The molecule has 0 aromatic carbocycles. The number of hydrogen-bond donors (Lipinski definition) is 1. The molecule has 1 fully saturated rings. The summed E-state index contributed by atoms with van der Waals surface area (Å²) in [7, 11) is 5.24. The molecule has 1 aliphatic heterocycles. The summed E-state index contributed by atoms with van der Waals surface area (Å²) in [5, 5.41) is 11.1. The maximum atomic E-state index is 13.1. The van der Waals surface area contributed by atoms with Crippen molar-refractivity contribution in [3.63, 3.8) is 0 Å². The first kappa shape index (κ1) is 17.9. The average Bonchev–Trinajstić information content (AvgIpc) is 3.21. The van der Waals surface area contributed by atoms with E-state index in [1.807, 2.05) is 14.1 Å². The highest BCUT2D eigenvalue weighted by Crippen LogP contribution is 2.20. The molecule has 4 heterocycles. The lowest BCUT2D eigenvalue weighted by molar-refractivity contribution is 0.0398. The normalized spacial score (nSPS) is 14.2. The smallest absolute Gasteiger partial charge is 0.274 e. The Kier molecular flexibility index (Phi) is 4.21. The van der Waals surface area contributed by atoms with Crippen molar-refractivity contribution in [2.24, 2.45) is 7.05 Å². The summed E-state index contributed by atoms with van der Waals surface area (Å²) in [5.41, 5.74) is 1.33. The molecular formula is C17H19FN8O2. The van der Waals surface area contributed by atoms with Crippen molar-refractivity contribution < 1.29 is 14.0 Å². The second-order valence-electron chi connectivity index (χ2n) is 6.82. The number of nitrogens with zero attached hydrogens (tertiary/aromatic N) is 7. The Morgan fingerprint density at radius 2 is 2.07 bits per heavy atom. The van der Waals surface area contributed by atoms with E-state index in [2.05, 4.69) is 20.5 Å². The van der Waals surface area contributed by atoms with E-state index >= 15 is 0 Å². The van der Waals surface area contributed by atoms with Crippen molar-refractivity contribution in [2.45, 2.75) is 6.17 Å². The van der Waals surface area contributed by atoms with Crippen LogP contribution in [-0.4, -0.2) is 74.4 Å². The van der Waals surface area contributed by atoms with Crippen LogP contribution in [0.4, 0.5) is 16.0 Å². The summed E-state index contributed by atoms with van der Waals surface area (Å²) in [4.78, 5) is 32.8. The van der Waals surface area contributed by atoms with Gasteiger partial charge in [0.15, 0.2) is 5.65 Å². The quantitative estimate of drug-likeness (QED) is 0.704. The second-order valence-corrected chi connectivity index (χ2v) is 6.82. The summed E-state index contributed by atoms with van der Waals surface area (Å²) in [6, 6.07) is 3.36. The van der Waals surface area contributed by atoms with E-state index in [0.717, 1.165) is 0 Å². The number of amides is 2. The number of carbonyl (C=O) groups is 2. The van der Waals surface area contributed by atoms with Crippen molar-refractivity contribution >= 4 is 29.1 Å². The first-order valence-electron chi connectivity index (χ1n) is 8.64. The summed E-state index contributed by atoms with van der Waals surface area (Å²) in [5.74, 6) is -0.350. The van der Waals surface area contributed by atoms with Crippen LogP contribution in [0.3, 0.4) is 0 Å². The van der Waals surface area contributed by atoms with E-state index in [0.29, 0.717) is 17.3 Å². The number of rotatable bonds is 4. The Balaban J connectivity index is 1.58. The van der Waals surface area contributed by atoms with E-state index < -0.39 is 18.0 Å². The van der Waals surface area contributed by atoms with Gasteiger partial charge in [-0.1, -0.05) is 0 Å². The van der Waals surface area contributed by atoms with Gasteiger partial charge in [0, 0.05) is 39.1 Å². The summed E-state index contributed by atoms with van der Waals surface area (Å²) in [6.07, 6.45) is 2.00. The van der Waals surface area contributed by atoms with Crippen LogP contribution >= 0.6 is 0 Å². The lowest BCUT2D eigenvalue weighted by Gasteiger charge is -2.34. The van der Waals surface area contributed by atoms with Crippen LogP contribution in [0.25, 0.3) is 5.65 Å². The van der Waals surface area contributed by atoms with Crippen LogP contribution in [0, 0.1) is 0 Å². The van der Waals surface area contributed by atoms with Gasteiger partial charge in [-0.25, -0.2) is 8.91 Å². The molecule has 0 spiro atoms. The van der Waals surface area contributed by atoms with Crippen molar-refractivity contribution in [3.8, 4) is 0 Å². The van der Waals surface area contributed by atoms with Gasteiger partial charge < -0.3 is 15.1 Å². The van der Waals surface area contributed by atoms with Gasteiger partial charge in [0.1, 0.15) is 11.9 Å². The van der Waals surface area contributed by atoms with Gasteiger partial charge in [-0.3, -0.25) is 14.3 Å². The van der Waals surface area contributed by atoms with Crippen LogP contribution in [0.15, 0.2) is 24.5 Å². The Bertz CT molecular complexity index is 1070. The zero-order chi connectivity index (χ0) is 20.0. The number of fused-ring (bicyclic) bond motifs is 1. The van der Waals surface area contributed by atoms with E-state index in [-0.39, 0.29) is 24.3 Å². The monoisotopic (exact) mass is 386 g/mol. The van der Waals surface area contributed by atoms with Gasteiger partial charge in [0.25, 0.3) is 11.8 Å². The molecule has 1 aliphatic rings. The van der Waals surface area contributed by atoms with Gasteiger partial charge in [-0.05, 0) is 6.07 Å². The molecule has 146 valence electrons. The molecule has 11 heteroatoms. The minimum absolute atomic E-state index is 0.0343. The summed E-state index contributed by atoms with van der Waals surface area (Å²) in [6.45, 7) is 0.0685. The second kappa shape index (κ2) is 6.59. The molecular weight excluding hydrogens is 367 g/mol. The third-order valence-electron chi connectivity index (χ3n) is 4.49. The van der Waals surface area contributed by atoms with Crippen molar-refractivity contribution in [3.05, 3.63) is 35.8 Å². The van der Waals surface area contributed by atoms with Gasteiger partial charge in [-0.15, -0.1) is 5.10 Å².